The number of rotatable bonds is 6. The summed E-state index contributed by atoms with van der Waals surface area (Å²) in [6.07, 6.45) is 0. The molecule has 0 fully saturated rings. The molecular formula is C20H16N2O6. The quantitative estimate of drug-likeness (QED) is 0.464. The first kappa shape index (κ1) is 19.0. The van der Waals surface area contributed by atoms with Gasteiger partial charge in [-0.25, -0.2) is 0 Å². The summed E-state index contributed by atoms with van der Waals surface area (Å²) in [4.78, 5) is 60.3. The third kappa shape index (κ3) is 3.96. The number of Topliss-reactive ketones (excluding diaryl/α,β-unsaturated/α-hetero) is 1. The van der Waals surface area contributed by atoms with E-state index in [-0.39, 0.29) is 17.0 Å². The van der Waals surface area contributed by atoms with E-state index in [0.29, 0.717) is 11.3 Å². The Bertz CT molecular complexity index is 945. The molecule has 2 aromatic carbocycles. The standard InChI is InChI=1S/C20H16N2O6/c1-12(23)21-14-8-6-13(7-9-14)17(24)11-28-18(25)10-22-19(26)15-4-2-3-5-16(15)20(22)27/h2-9H,10-11H2,1H3,(H,21,23). The Labute approximate surface area is 160 Å². The second-order valence-corrected chi connectivity index (χ2v) is 6.08. The van der Waals surface area contributed by atoms with Gasteiger partial charge in [-0.15, -0.1) is 0 Å². The number of amides is 3. The van der Waals surface area contributed by atoms with E-state index in [1.807, 2.05) is 0 Å². The van der Waals surface area contributed by atoms with E-state index in [2.05, 4.69) is 5.32 Å². The number of nitrogens with one attached hydrogen (secondary N) is 1. The molecule has 0 saturated heterocycles. The summed E-state index contributed by atoms with van der Waals surface area (Å²) in [5.41, 5.74) is 1.29. The number of anilines is 1. The van der Waals surface area contributed by atoms with Gasteiger partial charge in [0.2, 0.25) is 5.91 Å². The van der Waals surface area contributed by atoms with E-state index in [0.717, 1.165) is 4.90 Å². The average Bonchev–Trinajstić information content (AvgIpc) is 2.91. The summed E-state index contributed by atoms with van der Waals surface area (Å²) >= 11 is 0. The fourth-order valence-electron chi connectivity index (χ4n) is 2.73. The first-order chi connectivity index (χ1) is 13.4. The molecule has 3 rings (SSSR count). The lowest BCUT2D eigenvalue weighted by molar-refractivity contribution is -0.142. The van der Waals surface area contributed by atoms with Gasteiger partial charge >= 0.3 is 5.97 Å². The zero-order valence-corrected chi connectivity index (χ0v) is 14.9. The van der Waals surface area contributed by atoms with Crippen molar-refractivity contribution >= 4 is 35.2 Å². The van der Waals surface area contributed by atoms with Crippen molar-refractivity contribution in [2.24, 2.45) is 0 Å². The van der Waals surface area contributed by atoms with Crippen molar-refractivity contribution in [2.45, 2.75) is 6.92 Å². The van der Waals surface area contributed by atoms with E-state index in [4.69, 9.17) is 4.74 Å². The molecule has 2 aromatic rings. The molecule has 0 spiro atoms. The van der Waals surface area contributed by atoms with Crippen LogP contribution in [0.4, 0.5) is 5.69 Å². The maximum absolute atomic E-state index is 12.2. The molecule has 0 saturated carbocycles. The van der Waals surface area contributed by atoms with Crippen molar-refractivity contribution in [3.8, 4) is 0 Å². The van der Waals surface area contributed by atoms with Crippen molar-refractivity contribution in [1.29, 1.82) is 0 Å². The minimum absolute atomic E-state index is 0.232. The van der Waals surface area contributed by atoms with Crippen molar-refractivity contribution in [3.63, 3.8) is 0 Å². The smallest absolute Gasteiger partial charge is 0.326 e. The average molecular weight is 380 g/mol. The van der Waals surface area contributed by atoms with Crippen LogP contribution < -0.4 is 5.32 Å². The van der Waals surface area contributed by atoms with Gasteiger partial charge in [-0.05, 0) is 36.4 Å². The van der Waals surface area contributed by atoms with Crippen LogP contribution in [0.3, 0.4) is 0 Å². The van der Waals surface area contributed by atoms with Gasteiger partial charge in [0, 0.05) is 18.2 Å². The summed E-state index contributed by atoms with van der Waals surface area (Å²) in [6, 6.07) is 12.4. The highest BCUT2D eigenvalue weighted by atomic mass is 16.5. The van der Waals surface area contributed by atoms with E-state index in [1.165, 1.54) is 31.2 Å². The van der Waals surface area contributed by atoms with Crippen LogP contribution in [-0.2, 0) is 14.3 Å². The lowest BCUT2D eigenvalue weighted by Crippen LogP contribution is -2.36. The number of ether oxygens (including phenoxy) is 1. The topological polar surface area (TPSA) is 110 Å². The highest BCUT2D eigenvalue weighted by molar-refractivity contribution is 6.22. The van der Waals surface area contributed by atoms with Gasteiger partial charge in [0.25, 0.3) is 11.8 Å². The van der Waals surface area contributed by atoms with Gasteiger partial charge in [-0.3, -0.25) is 28.9 Å². The Kier molecular flexibility index (Phi) is 5.30. The molecule has 142 valence electrons. The number of fused-ring (bicyclic) bond motifs is 1. The van der Waals surface area contributed by atoms with Gasteiger partial charge in [0.1, 0.15) is 6.54 Å². The van der Waals surface area contributed by atoms with Crippen LogP contribution in [0.15, 0.2) is 48.5 Å². The number of carbonyl (C=O) groups excluding carboxylic acids is 5. The first-order valence-corrected chi connectivity index (χ1v) is 8.38. The predicted molar refractivity (Wildman–Crippen MR) is 97.8 cm³/mol. The summed E-state index contributed by atoms with van der Waals surface area (Å²) in [5, 5.41) is 2.57. The summed E-state index contributed by atoms with van der Waals surface area (Å²) in [6.45, 7) is 0.273. The van der Waals surface area contributed by atoms with Crippen LogP contribution >= 0.6 is 0 Å². The summed E-state index contributed by atoms with van der Waals surface area (Å²) in [5.74, 6) is -2.70. The van der Waals surface area contributed by atoms with Gasteiger partial charge < -0.3 is 10.1 Å². The Morgan fingerprint density at radius 1 is 0.929 bits per heavy atom. The second kappa shape index (κ2) is 7.83. The zero-order chi connectivity index (χ0) is 20.3. The van der Waals surface area contributed by atoms with Gasteiger partial charge in [-0.2, -0.15) is 0 Å². The molecule has 3 amide bonds. The third-order valence-electron chi connectivity index (χ3n) is 4.06. The lowest BCUT2D eigenvalue weighted by Gasteiger charge is -2.12. The normalized spacial score (nSPS) is 12.5. The molecule has 0 unspecified atom stereocenters. The molecule has 1 heterocycles. The minimum Gasteiger partial charge on any atom is -0.456 e. The van der Waals surface area contributed by atoms with E-state index < -0.39 is 36.7 Å². The third-order valence-corrected chi connectivity index (χ3v) is 4.06. The van der Waals surface area contributed by atoms with Crippen LogP contribution in [-0.4, -0.2) is 47.5 Å². The molecule has 1 N–H and O–H groups in total. The molecule has 0 atom stereocenters. The van der Waals surface area contributed by atoms with E-state index in [1.54, 1.807) is 24.3 Å². The number of benzene rings is 2. The van der Waals surface area contributed by atoms with Crippen molar-refractivity contribution in [3.05, 3.63) is 65.2 Å². The molecule has 1 aliphatic heterocycles. The molecule has 0 aliphatic carbocycles. The highest BCUT2D eigenvalue weighted by Gasteiger charge is 2.36. The fourth-order valence-corrected chi connectivity index (χ4v) is 2.73. The Morgan fingerprint density at radius 3 is 2.04 bits per heavy atom. The zero-order valence-electron chi connectivity index (χ0n) is 14.9. The minimum atomic E-state index is -0.863. The molecule has 0 aromatic heterocycles. The molecule has 1 aliphatic rings. The Balaban J connectivity index is 1.55. The number of imide groups is 1. The van der Waals surface area contributed by atoms with Crippen LogP contribution in [0.5, 0.6) is 0 Å². The van der Waals surface area contributed by atoms with Crippen molar-refractivity contribution < 1.29 is 28.7 Å². The highest BCUT2D eigenvalue weighted by Crippen LogP contribution is 2.22. The number of nitrogens with zero attached hydrogens (tertiary/aromatic N) is 1. The maximum atomic E-state index is 12.2. The van der Waals surface area contributed by atoms with Gasteiger partial charge in [-0.1, -0.05) is 12.1 Å². The number of hydrogen-bond acceptors (Lipinski definition) is 6. The monoisotopic (exact) mass is 380 g/mol. The van der Waals surface area contributed by atoms with Gasteiger partial charge in [0.05, 0.1) is 11.1 Å². The number of ketones is 1. The molecule has 0 radical (unpaired) electrons. The van der Waals surface area contributed by atoms with E-state index in [9.17, 15) is 24.0 Å². The number of esters is 1. The SMILES string of the molecule is CC(=O)Nc1ccc(C(=O)COC(=O)CN2C(=O)c3ccccc3C2=O)cc1. The molecule has 8 heteroatoms. The summed E-state index contributed by atoms with van der Waals surface area (Å²) in [7, 11) is 0. The largest absolute Gasteiger partial charge is 0.456 e. The maximum Gasteiger partial charge on any atom is 0.326 e. The molecular weight excluding hydrogens is 364 g/mol. The van der Waals surface area contributed by atoms with Crippen LogP contribution in [0.25, 0.3) is 0 Å². The van der Waals surface area contributed by atoms with E-state index >= 15 is 0 Å². The number of hydrogen-bond donors (Lipinski definition) is 1. The summed E-state index contributed by atoms with van der Waals surface area (Å²) < 4.78 is 4.91. The fraction of sp³-hybridized carbons (Fsp3) is 0.150. The Morgan fingerprint density at radius 2 is 1.50 bits per heavy atom. The Hall–Kier alpha value is -3.81. The van der Waals surface area contributed by atoms with Crippen molar-refractivity contribution in [2.75, 3.05) is 18.5 Å². The number of carbonyl (C=O) groups is 5. The van der Waals surface area contributed by atoms with Crippen molar-refractivity contribution in [1.82, 2.24) is 4.90 Å². The van der Waals surface area contributed by atoms with Crippen LogP contribution in [0.1, 0.15) is 38.0 Å². The van der Waals surface area contributed by atoms with Crippen LogP contribution in [0.2, 0.25) is 0 Å². The molecule has 8 nitrogen and oxygen atoms in total. The lowest BCUT2D eigenvalue weighted by atomic mass is 10.1. The molecule has 0 bridgehead atoms. The van der Waals surface area contributed by atoms with Gasteiger partial charge in [0.15, 0.2) is 12.4 Å². The van der Waals surface area contributed by atoms with Crippen LogP contribution in [0, 0.1) is 0 Å². The first-order valence-electron chi connectivity index (χ1n) is 8.38. The second-order valence-electron chi connectivity index (χ2n) is 6.08. The molecule has 28 heavy (non-hydrogen) atoms. The predicted octanol–water partition coefficient (Wildman–Crippen LogP) is 1.67.